The minimum absolute atomic E-state index is 0.0395. The minimum Gasteiger partial charge on any atom is -0.457 e. The van der Waals surface area contributed by atoms with Crippen molar-refractivity contribution in [2.75, 3.05) is 13.1 Å². The maximum atomic E-state index is 13.7. The molecule has 1 amide bonds. The fourth-order valence-corrected chi connectivity index (χ4v) is 6.35. The topological polar surface area (TPSA) is 81.8 Å². The molecule has 1 aliphatic rings. The lowest BCUT2D eigenvalue weighted by Gasteiger charge is -2.35. The van der Waals surface area contributed by atoms with E-state index in [0.29, 0.717) is 39.4 Å². The highest BCUT2D eigenvalue weighted by Gasteiger charge is 2.26. The van der Waals surface area contributed by atoms with E-state index in [1.54, 1.807) is 29.2 Å². The van der Waals surface area contributed by atoms with E-state index in [9.17, 15) is 14.4 Å². The monoisotopic (exact) mass is 662 g/mol. The second-order valence-corrected chi connectivity index (χ2v) is 13.9. The molecule has 2 aromatic carbocycles. The van der Waals surface area contributed by atoms with Gasteiger partial charge in [0, 0.05) is 40.8 Å². The fourth-order valence-electron chi connectivity index (χ4n) is 5.07. The number of amides is 1. The summed E-state index contributed by atoms with van der Waals surface area (Å²) in [4.78, 5) is 42.2. The van der Waals surface area contributed by atoms with Crippen molar-refractivity contribution in [3.8, 4) is 11.3 Å². The number of rotatable bonds is 6. The Kier molecular flexibility index (Phi) is 9.06. The van der Waals surface area contributed by atoms with Gasteiger partial charge in [0.15, 0.2) is 5.78 Å². The van der Waals surface area contributed by atoms with Crippen LogP contribution in [0.1, 0.15) is 56.3 Å². The van der Waals surface area contributed by atoms with Crippen LogP contribution in [0.4, 0.5) is 0 Å². The third-order valence-electron chi connectivity index (χ3n) is 7.32. The lowest BCUT2D eigenvalue weighted by atomic mass is 9.86. The zero-order chi connectivity index (χ0) is 30.9. The summed E-state index contributed by atoms with van der Waals surface area (Å²) in [6, 6.07) is 18.9. The molecule has 2 unspecified atom stereocenters. The van der Waals surface area contributed by atoms with Gasteiger partial charge in [0.05, 0.1) is 16.7 Å². The largest absolute Gasteiger partial charge is 0.457 e. The Morgan fingerprint density at radius 3 is 2.26 bits per heavy atom. The summed E-state index contributed by atoms with van der Waals surface area (Å²) in [6.07, 6.45) is 2.91. The molecule has 2 atom stereocenters. The summed E-state index contributed by atoms with van der Waals surface area (Å²) in [5.74, 6) is 0.738. The summed E-state index contributed by atoms with van der Waals surface area (Å²) < 4.78 is 14.9. The number of ketones is 1. The Hall–Kier alpha value is -3.53. The van der Waals surface area contributed by atoms with Crippen molar-refractivity contribution in [3.05, 3.63) is 102 Å². The number of carbonyl (C=O) groups excluding carboxylic acids is 2. The molecule has 0 radical (unpaired) electrons. The van der Waals surface area contributed by atoms with Crippen LogP contribution < -0.4 is 14.8 Å². The lowest BCUT2D eigenvalue weighted by molar-refractivity contribution is -0.143. The molecule has 0 aliphatic carbocycles. The Bertz CT molecular complexity index is 1800. The molecule has 2 aromatic heterocycles. The van der Waals surface area contributed by atoms with Crippen LogP contribution in [-0.2, 0) is 21.5 Å². The minimum atomic E-state index is -0.351. The molecule has 43 heavy (non-hydrogen) atoms. The maximum absolute atomic E-state index is 13.7. The van der Waals surface area contributed by atoms with Crippen molar-refractivity contribution in [3.63, 3.8) is 0 Å². The van der Waals surface area contributed by atoms with E-state index >= 15 is 0 Å². The Labute approximate surface area is 263 Å². The van der Waals surface area contributed by atoms with Gasteiger partial charge in [0.1, 0.15) is 22.7 Å². The van der Waals surface area contributed by atoms with Crippen molar-refractivity contribution < 1.29 is 18.7 Å². The number of Topliss-reactive ketones (excluding diaryl/α,β-unsaturated/α-hetero) is 1. The van der Waals surface area contributed by atoms with Crippen LogP contribution in [0.3, 0.4) is 0 Å². The average Bonchev–Trinajstić information content (AvgIpc) is 3.53. The Morgan fingerprint density at radius 2 is 1.63 bits per heavy atom. The first-order valence-corrected chi connectivity index (χ1v) is 15.9. The number of benzene rings is 2. The molecule has 1 fully saturated rings. The standard InChI is InChI=1S/C34H35BrN2O5S/c1-21-18-36(19-22(2)41-21)31(39)20-37-32(17-28(38)23-6-10-25(11-7-23)34(3,4)5)43-30(33(37)40)16-27-14-15-29(42-27)24-8-12-26(35)13-9-24/h6-17,21-22H,18-20H2,1-5H3/b30-16+,32-17-. The molecule has 9 heteroatoms. The summed E-state index contributed by atoms with van der Waals surface area (Å²) >= 11 is 4.61. The Balaban J connectivity index is 1.53. The first-order chi connectivity index (χ1) is 20.4. The van der Waals surface area contributed by atoms with Crippen molar-refractivity contribution in [2.45, 2.75) is 58.8 Å². The van der Waals surface area contributed by atoms with E-state index in [1.165, 1.54) is 22.0 Å². The van der Waals surface area contributed by atoms with Crippen LogP contribution in [0, 0.1) is 0 Å². The number of halogens is 1. The molecule has 1 saturated heterocycles. The number of hydrogen-bond acceptors (Lipinski definition) is 6. The smallest absolute Gasteiger partial charge is 0.269 e. The van der Waals surface area contributed by atoms with E-state index in [1.807, 2.05) is 56.3 Å². The van der Waals surface area contributed by atoms with Crippen LogP contribution in [0.25, 0.3) is 23.5 Å². The molecule has 0 bridgehead atoms. The first kappa shape index (κ1) is 30.9. The van der Waals surface area contributed by atoms with Gasteiger partial charge in [-0.05, 0) is 49.1 Å². The van der Waals surface area contributed by atoms with E-state index in [-0.39, 0.29) is 41.4 Å². The van der Waals surface area contributed by atoms with E-state index < -0.39 is 0 Å². The van der Waals surface area contributed by atoms with Gasteiger partial charge in [0.2, 0.25) is 5.91 Å². The summed E-state index contributed by atoms with van der Waals surface area (Å²) in [5, 5.41) is 0. The molecule has 0 spiro atoms. The van der Waals surface area contributed by atoms with E-state index in [0.717, 1.165) is 15.6 Å². The summed E-state index contributed by atoms with van der Waals surface area (Å²) in [7, 11) is 0. The number of thiazole rings is 1. The summed E-state index contributed by atoms with van der Waals surface area (Å²) in [6.45, 7) is 10.9. The van der Waals surface area contributed by atoms with Crippen LogP contribution in [0.2, 0.25) is 0 Å². The average molecular weight is 664 g/mol. The normalized spacial score (nSPS) is 18.3. The third-order valence-corrected chi connectivity index (χ3v) is 8.91. The van der Waals surface area contributed by atoms with E-state index in [2.05, 4.69) is 36.7 Å². The predicted molar refractivity (Wildman–Crippen MR) is 174 cm³/mol. The molecule has 0 N–H and O–H groups in total. The molecule has 5 rings (SSSR count). The number of carbonyl (C=O) groups is 2. The van der Waals surface area contributed by atoms with Crippen LogP contribution in [0.5, 0.6) is 0 Å². The first-order valence-electron chi connectivity index (χ1n) is 14.2. The van der Waals surface area contributed by atoms with Crippen LogP contribution in [0.15, 0.2) is 74.3 Å². The maximum Gasteiger partial charge on any atom is 0.269 e. The van der Waals surface area contributed by atoms with Gasteiger partial charge in [-0.1, -0.05) is 73.1 Å². The number of aromatic nitrogens is 1. The molecule has 3 heterocycles. The zero-order valence-corrected chi connectivity index (χ0v) is 27.3. The number of morpholine rings is 1. The van der Waals surface area contributed by atoms with Crippen molar-refractivity contribution in [2.24, 2.45) is 0 Å². The van der Waals surface area contributed by atoms with Gasteiger partial charge in [0.25, 0.3) is 5.56 Å². The molecule has 7 nitrogen and oxygen atoms in total. The summed E-state index contributed by atoms with van der Waals surface area (Å²) in [5.41, 5.74) is 2.15. The molecule has 0 saturated carbocycles. The van der Waals surface area contributed by atoms with Crippen LogP contribution >= 0.6 is 27.3 Å². The quantitative estimate of drug-likeness (QED) is 0.260. The van der Waals surface area contributed by atoms with Gasteiger partial charge in [-0.25, -0.2) is 0 Å². The predicted octanol–water partition coefficient (Wildman–Crippen LogP) is 5.36. The lowest BCUT2D eigenvalue weighted by Crippen LogP contribution is -2.50. The van der Waals surface area contributed by atoms with Gasteiger partial charge >= 0.3 is 0 Å². The highest BCUT2D eigenvalue weighted by Crippen LogP contribution is 2.24. The fraction of sp³-hybridized carbons (Fsp3) is 0.324. The Morgan fingerprint density at radius 1 is 0.977 bits per heavy atom. The molecule has 1 aliphatic heterocycles. The molecular weight excluding hydrogens is 628 g/mol. The number of nitrogens with zero attached hydrogens (tertiary/aromatic N) is 2. The zero-order valence-electron chi connectivity index (χ0n) is 24.9. The van der Waals surface area contributed by atoms with Gasteiger partial charge in [-0.3, -0.25) is 19.0 Å². The number of hydrogen-bond donors (Lipinski definition) is 0. The van der Waals surface area contributed by atoms with Gasteiger partial charge in [-0.15, -0.1) is 11.3 Å². The van der Waals surface area contributed by atoms with Crippen LogP contribution in [-0.4, -0.2) is 46.5 Å². The van der Waals surface area contributed by atoms with E-state index in [4.69, 9.17) is 9.15 Å². The van der Waals surface area contributed by atoms with Crippen molar-refractivity contribution >= 4 is 51.1 Å². The second-order valence-electron chi connectivity index (χ2n) is 11.9. The highest BCUT2D eigenvalue weighted by molar-refractivity contribution is 9.10. The second kappa shape index (κ2) is 12.6. The highest BCUT2D eigenvalue weighted by atomic mass is 79.9. The molecular formula is C34H35BrN2O5S. The van der Waals surface area contributed by atoms with Gasteiger partial charge in [-0.2, -0.15) is 0 Å². The number of furan rings is 1. The SMILES string of the molecule is CC1CN(C(=O)Cn2c(=O)/c(=C\c3ccc(-c4ccc(Br)cc4)o3)s/c2=C\C(=O)c2ccc(C(C)(C)C)cc2)CC(C)O1. The number of ether oxygens (including phenoxy) is 1. The third kappa shape index (κ3) is 7.34. The van der Waals surface area contributed by atoms with Crippen molar-refractivity contribution in [1.82, 2.24) is 9.47 Å². The van der Waals surface area contributed by atoms with Crippen molar-refractivity contribution in [1.29, 1.82) is 0 Å². The van der Waals surface area contributed by atoms with Gasteiger partial charge < -0.3 is 14.1 Å². The molecule has 4 aromatic rings. The molecule has 224 valence electrons.